The van der Waals surface area contributed by atoms with Crippen LogP contribution in [0.1, 0.15) is 37.7 Å². The summed E-state index contributed by atoms with van der Waals surface area (Å²) in [6.45, 7) is 0.507. The largest absolute Gasteiger partial charge is 0.490 e. The molecule has 7 atom stereocenters. The molecule has 1 aliphatic rings. The molecule has 0 aliphatic carbocycles. The first-order valence-corrected chi connectivity index (χ1v) is 17.9. The molecule has 2 rings (SSSR count). The first kappa shape index (κ1) is 36.3. The number of hydrogen-bond donors (Lipinski definition) is 7. The van der Waals surface area contributed by atoms with Crippen LogP contribution in [0.3, 0.4) is 0 Å². The van der Waals surface area contributed by atoms with Crippen LogP contribution in [-0.4, -0.2) is 72.3 Å². The van der Waals surface area contributed by atoms with E-state index in [-0.39, 0.29) is 31.6 Å². The monoisotopic (exact) mass is 675 g/mol. The van der Waals surface area contributed by atoms with E-state index in [0.29, 0.717) is 25.8 Å². The van der Waals surface area contributed by atoms with Crippen molar-refractivity contribution in [3.05, 3.63) is 32.6 Å². The lowest BCUT2D eigenvalue weighted by atomic mass is 10.1. The number of ether oxygens (including phenoxy) is 1. The number of nitrogens with two attached hydrogens (primary N) is 1. The van der Waals surface area contributed by atoms with Gasteiger partial charge >= 0.3 is 37.0 Å². The summed E-state index contributed by atoms with van der Waals surface area (Å²) >= 11 is 0. The van der Waals surface area contributed by atoms with Crippen molar-refractivity contribution >= 4 is 31.3 Å². The van der Waals surface area contributed by atoms with Crippen molar-refractivity contribution in [2.75, 3.05) is 19.8 Å². The third-order valence-corrected chi connectivity index (χ3v) is 11.2. The number of aryl methyl sites for hydroxylation is 1. The Morgan fingerprint density at radius 1 is 0.951 bits per heavy atom. The van der Waals surface area contributed by atoms with E-state index < -0.39 is 67.5 Å². The molecule has 0 radical (unpaired) electrons. The molecule has 20 nitrogen and oxygen atoms in total. The van der Waals surface area contributed by atoms with Crippen molar-refractivity contribution in [3.8, 4) is 0 Å². The fourth-order valence-electron chi connectivity index (χ4n) is 3.47. The average molecular weight is 675 g/mol. The fraction of sp³-hybridized carbons (Fsp3) is 0.765. The van der Waals surface area contributed by atoms with Gasteiger partial charge in [-0.3, -0.25) is 23.4 Å². The molecule has 0 amide bonds. The second kappa shape index (κ2) is 15.2. The summed E-state index contributed by atoms with van der Waals surface area (Å²) in [5.74, 6) is 0. The normalized spacial score (nSPS) is 25.2. The summed E-state index contributed by atoms with van der Waals surface area (Å²) in [4.78, 5) is 64.0. The molecule has 5 unspecified atom stereocenters. The second-order valence-electron chi connectivity index (χ2n) is 8.77. The van der Waals surface area contributed by atoms with Crippen LogP contribution < -0.4 is 17.0 Å². The van der Waals surface area contributed by atoms with E-state index in [0.717, 1.165) is 4.57 Å². The van der Waals surface area contributed by atoms with Crippen LogP contribution in [0.4, 0.5) is 0 Å². The molecule has 1 aliphatic heterocycles. The third-order valence-electron chi connectivity index (χ3n) is 5.26. The molecule has 0 aromatic carbocycles. The molecule has 1 fully saturated rings. The highest BCUT2D eigenvalue weighted by atomic mass is 31.3. The van der Waals surface area contributed by atoms with Crippen molar-refractivity contribution in [1.82, 2.24) is 9.55 Å². The average Bonchev–Trinajstić information content (AvgIpc) is 3.15. The van der Waals surface area contributed by atoms with Crippen LogP contribution in [0, 0.1) is 6.92 Å². The molecule has 0 bridgehead atoms. The second-order valence-corrected chi connectivity index (χ2v) is 15.0. The molecule has 0 spiro atoms. The van der Waals surface area contributed by atoms with Gasteiger partial charge in [-0.25, -0.2) is 23.1 Å². The molecule has 1 aromatic rings. The lowest BCUT2D eigenvalue weighted by Gasteiger charge is -2.21. The van der Waals surface area contributed by atoms with Gasteiger partial charge in [-0.1, -0.05) is 12.8 Å². The molecule has 1 saturated heterocycles. The standard InChI is InChI=1S/C17H33N3O17P4/c1-12-9-20(17(23)19-16(12)22)10-13-8-14(21)15(34-13)11-33-39(26,27)36-41(30,31)37-40(28,29)35-38(24,25)32-7-5-3-2-4-6-18/h9,13-15,21H,2-8,10-11,18H2,1H3,(H,24,25)(H,26,27)(H,28,29)(H,30,31)(H,19,22,23)/t13-,14?,15-/m1/s1. The summed E-state index contributed by atoms with van der Waals surface area (Å²) < 4.78 is 75.0. The number of rotatable bonds is 18. The number of unbranched alkanes of at least 4 members (excludes halogenated alkanes) is 3. The highest BCUT2D eigenvalue weighted by Crippen LogP contribution is 2.71. The van der Waals surface area contributed by atoms with Crippen molar-refractivity contribution in [3.63, 3.8) is 0 Å². The van der Waals surface area contributed by atoms with E-state index in [9.17, 15) is 52.5 Å². The Bertz CT molecular complexity index is 1330. The van der Waals surface area contributed by atoms with Gasteiger partial charge in [-0.2, -0.15) is 12.9 Å². The van der Waals surface area contributed by atoms with Gasteiger partial charge in [0.15, 0.2) is 0 Å². The van der Waals surface area contributed by atoms with Gasteiger partial charge in [0.1, 0.15) is 6.10 Å². The zero-order valence-electron chi connectivity index (χ0n) is 21.6. The number of aromatic amines is 1. The van der Waals surface area contributed by atoms with Crippen LogP contribution in [0.15, 0.2) is 15.8 Å². The molecule has 8 N–H and O–H groups in total. The summed E-state index contributed by atoms with van der Waals surface area (Å²) in [5, 5.41) is 10.2. The van der Waals surface area contributed by atoms with Crippen LogP contribution in [0.5, 0.6) is 0 Å². The minimum atomic E-state index is -5.96. The predicted octanol–water partition coefficient (Wildman–Crippen LogP) is 0.367. The number of aliphatic hydroxyl groups excluding tert-OH is 1. The Morgan fingerprint density at radius 2 is 1.51 bits per heavy atom. The highest BCUT2D eigenvalue weighted by Gasteiger charge is 2.46. The number of aliphatic hydroxyl groups is 1. The van der Waals surface area contributed by atoms with Crippen LogP contribution in [0.25, 0.3) is 0 Å². The lowest BCUT2D eigenvalue weighted by Crippen LogP contribution is -2.34. The molecular formula is C17H33N3O17P4. The van der Waals surface area contributed by atoms with Gasteiger partial charge in [0.05, 0.1) is 32.0 Å². The zero-order chi connectivity index (χ0) is 31.1. The Balaban J connectivity index is 1.87. The van der Waals surface area contributed by atoms with Crippen LogP contribution in [0.2, 0.25) is 0 Å². The smallest absolute Gasteiger partial charge is 0.390 e. The van der Waals surface area contributed by atoms with E-state index in [2.05, 4.69) is 27.0 Å². The quantitative estimate of drug-likeness (QED) is 0.0816. The van der Waals surface area contributed by atoms with Crippen molar-refractivity contribution in [2.24, 2.45) is 5.73 Å². The number of nitrogens with one attached hydrogen (secondary N) is 1. The number of aromatic nitrogens is 2. The van der Waals surface area contributed by atoms with E-state index in [1.165, 1.54) is 13.1 Å². The van der Waals surface area contributed by atoms with E-state index >= 15 is 0 Å². The number of phosphoric ester groups is 2. The van der Waals surface area contributed by atoms with E-state index in [1.807, 2.05) is 0 Å². The van der Waals surface area contributed by atoms with E-state index in [1.54, 1.807) is 0 Å². The third kappa shape index (κ3) is 13.1. The fourth-order valence-corrected chi connectivity index (χ4v) is 8.45. The Kier molecular flexibility index (Phi) is 13.5. The first-order chi connectivity index (χ1) is 18.8. The number of hydrogen-bond acceptors (Lipinski definition) is 14. The Labute approximate surface area is 232 Å². The van der Waals surface area contributed by atoms with Crippen LogP contribution in [-0.2, 0) is 51.5 Å². The topological polar surface area (TPSA) is 306 Å². The van der Waals surface area contributed by atoms with Gasteiger partial charge in [0.2, 0.25) is 0 Å². The van der Waals surface area contributed by atoms with E-state index in [4.69, 9.17) is 10.5 Å². The van der Waals surface area contributed by atoms with Gasteiger partial charge in [-0.15, -0.1) is 0 Å². The molecule has 2 heterocycles. The SMILES string of the molecule is Cc1cn(C[C@H]2CC(O)[C@@H](COP(=O)(O)OP(=O)(O)OP(=O)(O)OP(=O)(O)OCCCCCCN)O2)c(=O)[nH]c1=O. The maximum absolute atomic E-state index is 12.1. The molecule has 238 valence electrons. The first-order valence-electron chi connectivity index (χ1n) is 11.9. The maximum atomic E-state index is 12.1. The number of nitrogens with zero attached hydrogens (tertiary/aromatic N) is 1. The van der Waals surface area contributed by atoms with Gasteiger partial charge in [0.25, 0.3) is 5.56 Å². The van der Waals surface area contributed by atoms with Gasteiger partial charge in [0, 0.05) is 18.2 Å². The maximum Gasteiger partial charge on any atom is 0.490 e. The molecule has 0 saturated carbocycles. The highest BCUT2D eigenvalue weighted by molar-refractivity contribution is 7.69. The summed E-state index contributed by atoms with van der Waals surface area (Å²) in [5.41, 5.74) is 4.24. The number of H-pyrrole nitrogens is 1. The minimum absolute atomic E-state index is 0.0706. The summed E-state index contributed by atoms with van der Waals surface area (Å²) in [6, 6.07) is 0. The lowest BCUT2D eigenvalue weighted by molar-refractivity contribution is -0.0255. The Morgan fingerprint density at radius 3 is 2.12 bits per heavy atom. The molecule has 1 aromatic heterocycles. The number of phosphoric acid groups is 4. The molecular weight excluding hydrogens is 642 g/mol. The van der Waals surface area contributed by atoms with Gasteiger partial charge < -0.3 is 35.2 Å². The zero-order valence-corrected chi connectivity index (χ0v) is 25.2. The van der Waals surface area contributed by atoms with Crippen molar-refractivity contribution < 1.29 is 69.7 Å². The predicted molar refractivity (Wildman–Crippen MR) is 137 cm³/mol. The minimum Gasteiger partial charge on any atom is -0.390 e. The Hall–Kier alpha value is -0.880. The molecule has 41 heavy (non-hydrogen) atoms. The summed E-state index contributed by atoms with van der Waals surface area (Å²) in [7, 11) is -22.7. The van der Waals surface area contributed by atoms with Crippen molar-refractivity contribution in [2.45, 2.75) is 63.9 Å². The van der Waals surface area contributed by atoms with Crippen molar-refractivity contribution in [1.29, 1.82) is 0 Å². The van der Waals surface area contributed by atoms with Crippen LogP contribution >= 0.6 is 31.3 Å². The summed E-state index contributed by atoms with van der Waals surface area (Å²) in [6.07, 6.45) is 0.00185. The molecule has 24 heteroatoms. The van der Waals surface area contributed by atoms with Gasteiger partial charge in [-0.05, 0) is 26.3 Å².